The molecule has 0 saturated carbocycles. The SMILES string of the molecule is CC1=C(c2cc(C)c(C)c(C)c2)CC=C1. The fourth-order valence-electron chi connectivity index (χ4n) is 2.17. The van der Waals surface area contributed by atoms with Crippen LogP contribution in [0.15, 0.2) is 29.9 Å². The molecule has 0 spiro atoms. The highest BCUT2D eigenvalue weighted by Gasteiger charge is 2.09. The van der Waals surface area contributed by atoms with Crippen molar-refractivity contribution in [3.05, 3.63) is 52.1 Å². The van der Waals surface area contributed by atoms with Crippen LogP contribution in [0.4, 0.5) is 0 Å². The monoisotopic (exact) mass is 198 g/mol. The largest absolute Gasteiger partial charge is 0.0798 e. The van der Waals surface area contributed by atoms with Gasteiger partial charge in [-0.05, 0) is 67.5 Å². The van der Waals surface area contributed by atoms with Crippen LogP contribution in [0.1, 0.15) is 35.6 Å². The fourth-order valence-corrected chi connectivity index (χ4v) is 2.17. The predicted octanol–water partition coefficient (Wildman–Crippen LogP) is 4.35. The summed E-state index contributed by atoms with van der Waals surface area (Å²) in [6.45, 7) is 8.79. The minimum absolute atomic E-state index is 1.09. The quantitative estimate of drug-likeness (QED) is 0.629. The maximum absolute atomic E-state index is 2.31. The van der Waals surface area contributed by atoms with Gasteiger partial charge in [-0.1, -0.05) is 24.3 Å². The van der Waals surface area contributed by atoms with Gasteiger partial charge >= 0.3 is 0 Å². The first-order chi connectivity index (χ1) is 7.09. The lowest BCUT2D eigenvalue weighted by Crippen LogP contribution is -1.91. The molecule has 0 nitrogen and oxygen atoms in total. The van der Waals surface area contributed by atoms with Crippen LogP contribution in [-0.2, 0) is 0 Å². The standard InChI is InChI=1S/C15H18/c1-10-6-5-7-15(10)14-8-11(2)13(4)12(3)9-14/h5-6,8-9H,7H2,1-4H3. The van der Waals surface area contributed by atoms with E-state index >= 15 is 0 Å². The molecule has 0 bridgehead atoms. The molecule has 0 fully saturated rings. The molecule has 0 heteroatoms. The van der Waals surface area contributed by atoms with Crippen molar-refractivity contribution in [2.45, 2.75) is 34.1 Å². The van der Waals surface area contributed by atoms with E-state index in [1.807, 2.05) is 0 Å². The van der Waals surface area contributed by atoms with Crippen LogP contribution in [0, 0.1) is 20.8 Å². The lowest BCUT2D eigenvalue weighted by Gasteiger charge is -2.11. The third-order valence-electron chi connectivity index (χ3n) is 3.44. The molecule has 1 aliphatic rings. The molecule has 2 rings (SSSR count). The number of hydrogen-bond acceptors (Lipinski definition) is 0. The molecule has 0 radical (unpaired) electrons. The molecule has 0 N–H and O–H groups in total. The molecular weight excluding hydrogens is 180 g/mol. The molecule has 1 aromatic rings. The second-order valence-corrected chi connectivity index (χ2v) is 4.50. The topological polar surface area (TPSA) is 0 Å². The normalized spacial score (nSPS) is 15.2. The van der Waals surface area contributed by atoms with Gasteiger partial charge in [0.25, 0.3) is 0 Å². The molecule has 0 heterocycles. The first-order valence-corrected chi connectivity index (χ1v) is 5.54. The average Bonchev–Trinajstić information content (AvgIpc) is 2.60. The zero-order chi connectivity index (χ0) is 11.0. The Morgan fingerprint density at radius 3 is 2.00 bits per heavy atom. The van der Waals surface area contributed by atoms with E-state index in [2.05, 4.69) is 52.0 Å². The third-order valence-corrected chi connectivity index (χ3v) is 3.44. The average molecular weight is 198 g/mol. The summed E-state index contributed by atoms with van der Waals surface area (Å²) in [5, 5.41) is 0. The van der Waals surface area contributed by atoms with E-state index in [-0.39, 0.29) is 0 Å². The summed E-state index contributed by atoms with van der Waals surface area (Å²) < 4.78 is 0. The summed E-state index contributed by atoms with van der Waals surface area (Å²) in [6, 6.07) is 4.63. The van der Waals surface area contributed by atoms with E-state index in [1.165, 1.54) is 33.4 Å². The van der Waals surface area contributed by atoms with Crippen molar-refractivity contribution in [2.24, 2.45) is 0 Å². The molecule has 78 valence electrons. The van der Waals surface area contributed by atoms with E-state index in [0.717, 1.165) is 6.42 Å². The van der Waals surface area contributed by atoms with Crippen LogP contribution in [0.25, 0.3) is 5.57 Å². The molecule has 0 amide bonds. The predicted molar refractivity (Wildman–Crippen MR) is 67.0 cm³/mol. The number of rotatable bonds is 1. The van der Waals surface area contributed by atoms with Gasteiger partial charge in [0.2, 0.25) is 0 Å². The Hall–Kier alpha value is -1.30. The van der Waals surface area contributed by atoms with Crippen LogP contribution in [0.2, 0.25) is 0 Å². The molecule has 1 aliphatic carbocycles. The summed E-state index contributed by atoms with van der Waals surface area (Å²) in [5.41, 5.74) is 8.52. The van der Waals surface area contributed by atoms with Crippen molar-refractivity contribution in [1.82, 2.24) is 0 Å². The van der Waals surface area contributed by atoms with Gasteiger partial charge in [-0.25, -0.2) is 0 Å². The van der Waals surface area contributed by atoms with Gasteiger partial charge in [0.1, 0.15) is 0 Å². The lowest BCUT2D eigenvalue weighted by molar-refractivity contribution is 1.24. The van der Waals surface area contributed by atoms with E-state index in [0.29, 0.717) is 0 Å². The number of allylic oxidation sites excluding steroid dienone is 4. The lowest BCUT2D eigenvalue weighted by atomic mass is 9.94. The molecule has 0 aliphatic heterocycles. The Bertz CT molecular complexity index is 436. The minimum atomic E-state index is 1.09. The summed E-state index contributed by atoms with van der Waals surface area (Å²) >= 11 is 0. The Kier molecular flexibility index (Phi) is 2.52. The first-order valence-electron chi connectivity index (χ1n) is 5.54. The highest BCUT2D eigenvalue weighted by molar-refractivity contribution is 5.75. The highest BCUT2D eigenvalue weighted by Crippen LogP contribution is 2.30. The van der Waals surface area contributed by atoms with Crippen molar-refractivity contribution in [3.63, 3.8) is 0 Å². The molecule has 0 unspecified atom stereocenters. The van der Waals surface area contributed by atoms with Crippen molar-refractivity contribution in [3.8, 4) is 0 Å². The molecule has 0 atom stereocenters. The minimum Gasteiger partial charge on any atom is -0.0798 e. The van der Waals surface area contributed by atoms with Crippen LogP contribution in [-0.4, -0.2) is 0 Å². The van der Waals surface area contributed by atoms with Crippen LogP contribution in [0.3, 0.4) is 0 Å². The number of benzene rings is 1. The molecule has 15 heavy (non-hydrogen) atoms. The van der Waals surface area contributed by atoms with Gasteiger partial charge < -0.3 is 0 Å². The molecule has 0 saturated heterocycles. The van der Waals surface area contributed by atoms with Gasteiger partial charge in [0.05, 0.1) is 0 Å². The van der Waals surface area contributed by atoms with Gasteiger partial charge in [-0.3, -0.25) is 0 Å². The van der Waals surface area contributed by atoms with E-state index < -0.39 is 0 Å². The summed E-state index contributed by atoms with van der Waals surface area (Å²) in [6.07, 6.45) is 5.56. The van der Waals surface area contributed by atoms with Crippen LogP contribution >= 0.6 is 0 Å². The van der Waals surface area contributed by atoms with Crippen LogP contribution < -0.4 is 0 Å². The van der Waals surface area contributed by atoms with Gasteiger partial charge in [0.15, 0.2) is 0 Å². The molecule has 0 aromatic heterocycles. The second kappa shape index (κ2) is 3.69. The highest BCUT2D eigenvalue weighted by atomic mass is 14.1. The smallest absolute Gasteiger partial charge is 0.00857 e. The Morgan fingerprint density at radius 2 is 1.53 bits per heavy atom. The maximum atomic E-state index is 2.31. The van der Waals surface area contributed by atoms with E-state index in [1.54, 1.807) is 0 Å². The van der Waals surface area contributed by atoms with E-state index in [9.17, 15) is 0 Å². The van der Waals surface area contributed by atoms with Crippen molar-refractivity contribution in [2.75, 3.05) is 0 Å². The number of aryl methyl sites for hydroxylation is 2. The van der Waals surface area contributed by atoms with Gasteiger partial charge in [-0.2, -0.15) is 0 Å². The molecule has 1 aromatic carbocycles. The second-order valence-electron chi connectivity index (χ2n) is 4.50. The number of hydrogen-bond donors (Lipinski definition) is 0. The van der Waals surface area contributed by atoms with Crippen molar-refractivity contribution >= 4 is 5.57 Å². The van der Waals surface area contributed by atoms with E-state index in [4.69, 9.17) is 0 Å². The fraction of sp³-hybridized carbons (Fsp3) is 0.333. The summed E-state index contributed by atoms with van der Waals surface area (Å²) in [7, 11) is 0. The maximum Gasteiger partial charge on any atom is -0.00857 e. The third kappa shape index (κ3) is 1.77. The van der Waals surface area contributed by atoms with Crippen LogP contribution in [0.5, 0.6) is 0 Å². The van der Waals surface area contributed by atoms with Crippen molar-refractivity contribution < 1.29 is 0 Å². The Labute approximate surface area is 92.3 Å². The first kappa shape index (κ1) is 10.2. The van der Waals surface area contributed by atoms with Gasteiger partial charge in [-0.15, -0.1) is 0 Å². The summed E-state index contributed by atoms with van der Waals surface area (Å²) in [4.78, 5) is 0. The Balaban J connectivity index is 2.52. The zero-order valence-electron chi connectivity index (χ0n) is 10.0. The zero-order valence-corrected chi connectivity index (χ0v) is 10.0. The summed E-state index contributed by atoms with van der Waals surface area (Å²) in [5.74, 6) is 0. The van der Waals surface area contributed by atoms with Gasteiger partial charge in [0, 0.05) is 0 Å². The molecular formula is C15H18. The Morgan fingerprint density at radius 1 is 0.933 bits per heavy atom. The van der Waals surface area contributed by atoms with Crippen molar-refractivity contribution in [1.29, 1.82) is 0 Å².